The molecule has 1 aromatic carbocycles. The summed E-state index contributed by atoms with van der Waals surface area (Å²) in [7, 11) is 0. The number of carbonyl (C=O) groups is 1. The van der Waals surface area contributed by atoms with Crippen molar-refractivity contribution >= 4 is 40.2 Å². The van der Waals surface area contributed by atoms with Gasteiger partial charge in [0.2, 0.25) is 0 Å². The molecule has 0 aliphatic carbocycles. The fraction of sp³-hybridized carbons (Fsp3) is 0.125. The van der Waals surface area contributed by atoms with Crippen LogP contribution >= 0.6 is 34.2 Å². The largest absolute Gasteiger partial charge is 0.478 e. The Hall–Kier alpha value is -0.290. The Bertz CT molecular complexity index is 336. The predicted molar refractivity (Wildman–Crippen MR) is 55.9 cm³/mol. The van der Waals surface area contributed by atoms with Gasteiger partial charge in [-0.2, -0.15) is 0 Å². The van der Waals surface area contributed by atoms with Gasteiger partial charge in [0.15, 0.2) is 0 Å². The van der Waals surface area contributed by atoms with E-state index in [9.17, 15) is 4.79 Å². The second-order valence-electron chi connectivity index (χ2n) is 2.39. The summed E-state index contributed by atoms with van der Waals surface area (Å²) < 4.78 is 0.663. The van der Waals surface area contributed by atoms with Crippen LogP contribution in [0.2, 0.25) is 5.02 Å². The van der Waals surface area contributed by atoms with Gasteiger partial charge in [-0.3, -0.25) is 0 Å². The molecule has 0 bridgehead atoms. The summed E-state index contributed by atoms with van der Waals surface area (Å²) >= 11 is 7.75. The highest BCUT2D eigenvalue weighted by Crippen LogP contribution is 2.22. The molecule has 2 nitrogen and oxygen atoms in total. The molecule has 1 rings (SSSR count). The number of rotatable bonds is 1. The minimum absolute atomic E-state index is 0.303. The van der Waals surface area contributed by atoms with Gasteiger partial charge >= 0.3 is 5.97 Å². The molecule has 12 heavy (non-hydrogen) atoms. The van der Waals surface area contributed by atoms with Gasteiger partial charge in [-0.25, -0.2) is 4.79 Å². The van der Waals surface area contributed by atoms with Crippen LogP contribution in [0.3, 0.4) is 0 Å². The number of carboxylic acid groups (broad SMARTS) is 1. The van der Waals surface area contributed by atoms with Crippen molar-refractivity contribution in [3.63, 3.8) is 0 Å². The number of halogens is 2. The van der Waals surface area contributed by atoms with Crippen molar-refractivity contribution in [1.82, 2.24) is 0 Å². The monoisotopic (exact) mass is 296 g/mol. The maximum absolute atomic E-state index is 10.6. The molecular formula is C8H6ClIO2. The Labute approximate surface area is 88.7 Å². The smallest absolute Gasteiger partial charge is 0.336 e. The van der Waals surface area contributed by atoms with E-state index in [1.165, 1.54) is 0 Å². The standard InChI is InChI=1S/C8H6ClIO2/c1-4-2-5(8(11)12)7(10)3-6(4)9/h2-3H,1H3,(H,11,12). The first-order valence-corrected chi connectivity index (χ1v) is 4.67. The molecule has 0 aliphatic rings. The topological polar surface area (TPSA) is 37.3 Å². The summed E-state index contributed by atoms with van der Waals surface area (Å²) in [6.07, 6.45) is 0. The van der Waals surface area contributed by atoms with E-state index in [1.807, 2.05) is 22.6 Å². The van der Waals surface area contributed by atoms with E-state index in [0.717, 1.165) is 5.56 Å². The van der Waals surface area contributed by atoms with Gasteiger partial charge in [0, 0.05) is 8.59 Å². The highest BCUT2D eigenvalue weighted by Gasteiger charge is 2.09. The normalized spacial score (nSPS) is 9.92. The van der Waals surface area contributed by atoms with E-state index in [-0.39, 0.29) is 0 Å². The number of carboxylic acids is 1. The van der Waals surface area contributed by atoms with Crippen molar-refractivity contribution in [3.8, 4) is 0 Å². The van der Waals surface area contributed by atoms with Crippen molar-refractivity contribution < 1.29 is 9.90 Å². The first kappa shape index (κ1) is 9.80. The Morgan fingerprint density at radius 1 is 1.58 bits per heavy atom. The van der Waals surface area contributed by atoms with Crippen molar-refractivity contribution in [2.45, 2.75) is 6.92 Å². The molecule has 0 spiro atoms. The number of hydrogen-bond acceptors (Lipinski definition) is 1. The highest BCUT2D eigenvalue weighted by atomic mass is 127. The third-order valence-corrected chi connectivity index (χ3v) is 2.78. The summed E-state index contributed by atoms with van der Waals surface area (Å²) in [5, 5.41) is 9.33. The minimum Gasteiger partial charge on any atom is -0.478 e. The number of aromatic carboxylic acids is 1. The summed E-state index contributed by atoms with van der Waals surface area (Å²) in [6, 6.07) is 3.23. The number of benzene rings is 1. The summed E-state index contributed by atoms with van der Waals surface area (Å²) in [5.74, 6) is -0.917. The van der Waals surface area contributed by atoms with Crippen LogP contribution < -0.4 is 0 Å². The molecule has 0 aromatic heterocycles. The van der Waals surface area contributed by atoms with Crippen LogP contribution in [0.5, 0.6) is 0 Å². The Morgan fingerprint density at radius 2 is 2.17 bits per heavy atom. The van der Waals surface area contributed by atoms with E-state index in [0.29, 0.717) is 14.2 Å². The Balaban J connectivity index is 3.33. The number of aryl methyl sites for hydroxylation is 1. The molecule has 0 saturated carbocycles. The van der Waals surface area contributed by atoms with E-state index >= 15 is 0 Å². The summed E-state index contributed by atoms with van der Waals surface area (Å²) in [6.45, 7) is 1.78. The summed E-state index contributed by atoms with van der Waals surface area (Å²) in [5.41, 5.74) is 1.09. The van der Waals surface area contributed by atoms with Crippen molar-refractivity contribution in [2.75, 3.05) is 0 Å². The fourth-order valence-corrected chi connectivity index (χ4v) is 1.87. The predicted octanol–water partition coefficient (Wildman–Crippen LogP) is 2.95. The van der Waals surface area contributed by atoms with Gasteiger partial charge in [0.1, 0.15) is 0 Å². The minimum atomic E-state index is -0.917. The molecule has 4 heteroatoms. The highest BCUT2D eigenvalue weighted by molar-refractivity contribution is 14.1. The van der Waals surface area contributed by atoms with Crippen LogP contribution in [0.15, 0.2) is 12.1 Å². The fourth-order valence-electron chi connectivity index (χ4n) is 0.821. The lowest BCUT2D eigenvalue weighted by atomic mass is 10.1. The molecule has 0 radical (unpaired) electrons. The molecule has 0 atom stereocenters. The van der Waals surface area contributed by atoms with E-state index in [4.69, 9.17) is 16.7 Å². The SMILES string of the molecule is Cc1cc(C(=O)O)c(I)cc1Cl. The molecule has 0 fully saturated rings. The third-order valence-electron chi connectivity index (χ3n) is 1.48. The summed E-state index contributed by atoms with van der Waals surface area (Å²) in [4.78, 5) is 10.6. The Kier molecular flexibility index (Phi) is 2.95. The van der Waals surface area contributed by atoms with Crippen LogP contribution in [-0.2, 0) is 0 Å². The van der Waals surface area contributed by atoms with Crippen molar-refractivity contribution in [1.29, 1.82) is 0 Å². The van der Waals surface area contributed by atoms with Crippen molar-refractivity contribution in [3.05, 3.63) is 31.9 Å². The van der Waals surface area contributed by atoms with Gasteiger partial charge in [-0.15, -0.1) is 0 Å². The van der Waals surface area contributed by atoms with Gasteiger partial charge in [0.05, 0.1) is 5.56 Å². The van der Waals surface area contributed by atoms with Gasteiger partial charge in [-0.1, -0.05) is 11.6 Å². The van der Waals surface area contributed by atoms with Crippen LogP contribution in [0.25, 0.3) is 0 Å². The Morgan fingerprint density at radius 3 is 2.67 bits per heavy atom. The zero-order chi connectivity index (χ0) is 9.30. The van der Waals surface area contributed by atoms with Gasteiger partial charge in [-0.05, 0) is 47.2 Å². The average Bonchev–Trinajstić information content (AvgIpc) is 1.96. The zero-order valence-corrected chi connectivity index (χ0v) is 9.18. The van der Waals surface area contributed by atoms with E-state index in [2.05, 4.69) is 0 Å². The molecule has 0 unspecified atom stereocenters. The molecule has 64 valence electrons. The first-order chi connectivity index (χ1) is 5.52. The van der Waals surface area contributed by atoms with Crippen molar-refractivity contribution in [2.24, 2.45) is 0 Å². The second-order valence-corrected chi connectivity index (χ2v) is 3.96. The van der Waals surface area contributed by atoms with Crippen LogP contribution in [0, 0.1) is 10.5 Å². The lowest BCUT2D eigenvalue weighted by Crippen LogP contribution is -2.00. The first-order valence-electron chi connectivity index (χ1n) is 3.21. The zero-order valence-electron chi connectivity index (χ0n) is 6.27. The van der Waals surface area contributed by atoms with Gasteiger partial charge in [0.25, 0.3) is 0 Å². The van der Waals surface area contributed by atoms with Crippen LogP contribution in [0.4, 0.5) is 0 Å². The van der Waals surface area contributed by atoms with Crippen LogP contribution in [0.1, 0.15) is 15.9 Å². The number of hydrogen-bond donors (Lipinski definition) is 1. The van der Waals surface area contributed by atoms with Crippen LogP contribution in [-0.4, -0.2) is 11.1 Å². The maximum atomic E-state index is 10.6. The lowest BCUT2D eigenvalue weighted by molar-refractivity contribution is 0.0695. The third kappa shape index (κ3) is 1.90. The van der Waals surface area contributed by atoms with E-state index < -0.39 is 5.97 Å². The van der Waals surface area contributed by atoms with Gasteiger partial charge < -0.3 is 5.11 Å². The second kappa shape index (κ2) is 3.62. The lowest BCUT2D eigenvalue weighted by Gasteiger charge is -2.02. The molecule has 0 heterocycles. The molecule has 1 aromatic rings. The molecule has 0 aliphatic heterocycles. The average molecular weight is 296 g/mol. The quantitative estimate of drug-likeness (QED) is 0.809. The molecular weight excluding hydrogens is 290 g/mol. The molecule has 1 N–H and O–H groups in total. The van der Waals surface area contributed by atoms with E-state index in [1.54, 1.807) is 19.1 Å². The molecule has 0 amide bonds. The molecule has 0 saturated heterocycles. The maximum Gasteiger partial charge on any atom is 0.336 e.